The van der Waals surface area contributed by atoms with E-state index in [1.165, 1.54) is 0 Å². The molecule has 1 aliphatic carbocycles. The Bertz CT molecular complexity index is 200. The van der Waals surface area contributed by atoms with Crippen LogP contribution in [0.2, 0.25) is 0 Å². The second kappa shape index (κ2) is 4.69. The third kappa shape index (κ3) is 5.05. The summed E-state index contributed by atoms with van der Waals surface area (Å²) in [5.41, 5.74) is 5.16. The topological polar surface area (TPSA) is 91.0 Å². The van der Waals surface area contributed by atoms with E-state index in [4.69, 9.17) is 11.1 Å². The van der Waals surface area contributed by atoms with Crippen LogP contribution < -0.4 is 16.4 Å². The van der Waals surface area contributed by atoms with E-state index in [0.29, 0.717) is 19.0 Å². The maximum absolute atomic E-state index is 11.0. The summed E-state index contributed by atoms with van der Waals surface area (Å²) in [5, 5.41) is 12.5. The van der Waals surface area contributed by atoms with E-state index >= 15 is 0 Å². The van der Waals surface area contributed by atoms with Crippen molar-refractivity contribution in [2.75, 3.05) is 6.54 Å². The Morgan fingerprint density at radius 2 is 2.23 bits per heavy atom. The lowest BCUT2D eigenvalue weighted by Gasteiger charge is -2.05. The van der Waals surface area contributed by atoms with Gasteiger partial charge in [0.15, 0.2) is 0 Å². The highest BCUT2D eigenvalue weighted by molar-refractivity contribution is 5.77. The molecular formula is C8H16N4O. The van der Waals surface area contributed by atoms with Gasteiger partial charge in [0, 0.05) is 19.0 Å². The molecule has 1 rings (SSSR count). The predicted octanol–water partition coefficient (Wildman–Crippen LogP) is 0.164. The summed E-state index contributed by atoms with van der Waals surface area (Å²) in [5.74, 6) is 0.171. The van der Waals surface area contributed by atoms with Crippen LogP contribution in [0.1, 0.15) is 25.7 Å². The molecule has 2 amide bonds. The van der Waals surface area contributed by atoms with Crippen LogP contribution in [-0.2, 0) is 0 Å². The zero-order valence-corrected chi connectivity index (χ0v) is 7.60. The highest BCUT2D eigenvalue weighted by atomic mass is 16.2. The second-order valence-electron chi connectivity index (χ2n) is 3.30. The number of urea groups is 1. The number of amides is 2. The summed E-state index contributed by atoms with van der Waals surface area (Å²) in [4.78, 5) is 11.0. The third-order valence-corrected chi connectivity index (χ3v) is 1.82. The van der Waals surface area contributed by atoms with Crippen molar-refractivity contribution in [1.29, 1.82) is 5.41 Å². The van der Waals surface area contributed by atoms with Gasteiger partial charge in [-0.15, -0.1) is 0 Å². The molecule has 0 heterocycles. The molecule has 0 unspecified atom stereocenters. The van der Waals surface area contributed by atoms with E-state index in [1.807, 2.05) is 0 Å². The van der Waals surface area contributed by atoms with Crippen molar-refractivity contribution < 1.29 is 4.79 Å². The fraction of sp³-hybridized carbons (Fsp3) is 0.750. The van der Waals surface area contributed by atoms with Crippen molar-refractivity contribution in [2.45, 2.75) is 31.7 Å². The monoisotopic (exact) mass is 184 g/mol. The van der Waals surface area contributed by atoms with Crippen molar-refractivity contribution in [3.63, 3.8) is 0 Å². The van der Waals surface area contributed by atoms with E-state index < -0.39 is 0 Å². The number of hydrogen-bond acceptors (Lipinski definition) is 2. The molecule has 0 aliphatic heterocycles. The van der Waals surface area contributed by atoms with Crippen molar-refractivity contribution in [3.8, 4) is 0 Å². The molecule has 5 N–H and O–H groups in total. The second-order valence-corrected chi connectivity index (χ2v) is 3.30. The van der Waals surface area contributed by atoms with Gasteiger partial charge >= 0.3 is 6.03 Å². The molecular weight excluding hydrogens is 168 g/mol. The largest absolute Gasteiger partial charge is 0.388 e. The zero-order chi connectivity index (χ0) is 9.68. The summed E-state index contributed by atoms with van der Waals surface area (Å²) >= 11 is 0. The van der Waals surface area contributed by atoms with Gasteiger partial charge in [-0.3, -0.25) is 5.41 Å². The van der Waals surface area contributed by atoms with Gasteiger partial charge in [0.2, 0.25) is 0 Å². The summed E-state index contributed by atoms with van der Waals surface area (Å²) in [6.07, 6.45) is 3.47. The SMILES string of the molecule is N=C(N)CCCNC(=O)NC1CC1. The Morgan fingerprint density at radius 3 is 2.77 bits per heavy atom. The number of rotatable bonds is 5. The molecule has 13 heavy (non-hydrogen) atoms. The zero-order valence-electron chi connectivity index (χ0n) is 7.60. The molecule has 74 valence electrons. The average molecular weight is 184 g/mol. The molecule has 0 aromatic heterocycles. The maximum atomic E-state index is 11.0. The van der Waals surface area contributed by atoms with Gasteiger partial charge in [-0.05, 0) is 19.3 Å². The normalized spacial score (nSPS) is 15.1. The predicted molar refractivity (Wildman–Crippen MR) is 50.7 cm³/mol. The number of nitrogens with one attached hydrogen (secondary N) is 3. The van der Waals surface area contributed by atoms with E-state index in [-0.39, 0.29) is 11.9 Å². The van der Waals surface area contributed by atoms with Crippen molar-refractivity contribution in [2.24, 2.45) is 5.73 Å². The molecule has 1 saturated carbocycles. The molecule has 0 saturated heterocycles. The first kappa shape index (κ1) is 9.83. The van der Waals surface area contributed by atoms with Crippen molar-refractivity contribution in [3.05, 3.63) is 0 Å². The number of carbonyl (C=O) groups excluding carboxylic acids is 1. The minimum Gasteiger partial charge on any atom is -0.388 e. The molecule has 0 aromatic carbocycles. The molecule has 0 atom stereocenters. The lowest BCUT2D eigenvalue weighted by Crippen LogP contribution is -2.37. The Balaban J connectivity index is 1.91. The van der Waals surface area contributed by atoms with E-state index in [2.05, 4.69) is 10.6 Å². The Kier molecular flexibility index (Phi) is 3.54. The molecule has 5 heteroatoms. The van der Waals surface area contributed by atoms with E-state index in [9.17, 15) is 4.79 Å². The first-order valence-electron chi connectivity index (χ1n) is 4.56. The smallest absolute Gasteiger partial charge is 0.315 e. The van der Waals surface area contributed by atoms with Crippen molar-refractivity contribution in [1.82, 2.24) is 10.6 Å². The molecule has 5 nitrogen and oxygen atoms in total. The number of nitrogens with two attached hydrogens (primary N) is 1. The van der Waals surface area contributed by atoms with Crippen molar-refractivity contribution >= 4 is 11.9 Å². The summed E-state index contributed by atoms with van der Waals surface area (Å²) in [7, 11) is 0. The van der Waals surface area contributed by atoms with Gasteiger partial charge < -0.3 is 16.4 Å². The average Bonchev–Trinajstić information content (AvgIpc) is 2.81. The summed E-state index contributed by atoms with van der Waals surface area (Å²) < 4.78 is 0. The standard InChI is InChI=1S/C8H16N4O/c9-7(10)2-1-5-11-8(13)12-6-3-4-6/h6H,1-5H2,(H3,9,10)(H2,11,12,13). The molecule has 1 aliphatic rings. The van der Waals surface area contributed by atoms with Gasteiger partial charge in [-0.2, -0.15) is 0 Å². The Labute approximate surface area is 77.6 Å². The molecule has 0 radical (unpaired) electrons. The Hall–Kier alpha value is -1.26. The number of hydrogen-bond donors (Lipinski definition) is 4. The lowest BCUT2D eigenvalue weighted by molar-refractivity contribution is 0.240. The molecule has 0 bridgehead atoms. The summed E-state index contributed by atoms with van der Waals surface area (Å²) in [6, 6.07) is 0.291. The highest BCUT2D eigenvalue weighted by Gasteiger charge is 2.22. The van der Waals surface area contributed by atoms with Crippen LogP contribution in [0, 0.1) is 5.41 Å². The minimum absolute atomic E-state index is 0.106. The van der Waals surface area contributed by atoms with Crippen LogP contribution in [0.3, 0.4) is 0 Å². The van der Waals surface area contributed by atoms with Crippen LogP contribution in [0.25, 0.3) is 0 Å². The highest BCUT2D eigenvalue weighted by Crippen LogP contribution is 2.18. The van der Waals surface area contributed by atoms with E-state index in [0.717, 1.165) is 19.3 Å². The lowest BCUT2D eigenvalue weighted by atomic mass is 10.3. The van der Waals surface area contributed by atoms with Crippen LogP contribution in [0.4, 0.5) is 4.79 Å². The maximum Gasteiger partial charge on any atom is 0.315 e. The molecule has 0 spiro atoms. The number of carbonyl (C=O) groups is 1. The van der Waals surface area contributed by atoms with Crippen LogP contribution in [0.5, 0.6) is 0 Å². The van der Waals surface area contributed by atoms with Gasteiger partial charge in [-0.25, -0.2) is 4.79 Å². The van der Waals surface area contributed by atoms with Gasteiger partial charge in [0.1, 0.15) is 0 Å². The van der Waals surface area contributed by atoms with E-state index in [1.54, 1.807) is 0 Å². The summed E-state index contributed by atoms with van der Waals surface area (Å²) in [6.45, 7) is 0.581. The van der Waals surface area contributed by atoms with Crippen LogP contribution >= 0.6 is 0 Å². The fourth-order valence-corrected chi connectivity index (χ4v) is 0.945. The third-order valence-electron chi connectivity index (χ3n) is 1.82. The minimum atomic E-state index is -0.106. The molecule has 0 aromatic rings. The number of amidine groups is 1. The fourth-order valence-electron chi connectivity index (χ4n) is 0.945. The Morgan fingerprint density at radius 1 is 1.54 bits per heavy atom. The van der Waals surface area contributed by atoms with Gasteiger partial charge in [-0.1, -0.05) is 0 Å². The van der Waals surface area contributed by atoms with Gasteiger partial charge in [0.05, 0.1) is 5.84 Å². The molecule has 1 fully saturated rings. The first-order chi connectivity index (χ1) is 6.18. The van der Waals surface area contributed by atoms with Crippen LogP contribution in [-0.4, -0.2) is 24.5 Å². The quantitative estimate of drug-likeness (QED) is 0.278. The van der Waals surface area contributed by atoms with Gasteiger partial charge in [0.25, 0.3) is 0 Å². The first-order valence-corrected chi connectivity index (χ1v) is 4.56. The van der Waals surface area contributed by atoms with Crippen LogP contribution in [0.15, 0.2) is 0 Å².